The maximum atomic E-state index is 5.69. The molecule has 0 spiro atoms. The van der Waals surface area contributed by atoms with Crippen LogP contribution >= 0.6 is 24.0 Å². The van der Waals surface area contributed by atoms with Gasteiger partial charge in [-0.15, -0.1) is 30.4 Å². The minimum absolute atomic E-state index is 0. The van der Waals surface area contributed by atoms with E-state index in [9.17, 15) is 0 Å². The number of ether oxygens (including phenoxy) is 1. The molecule has 0 aromatic rings. The van der Waals surface area contributed by atoms with Crippen LogP contribution in [0.25, 0.3) is 0 Å². The Morgan fingerprint density at radius 1 is 1.45 bits per heavy atom. The molecule has 1 aliphatic heterocycles. The SMILES string of the molecule is C#CCNC(=NCCN1CCOC(C)(C)C1)NCC.I. The van der Waals surface area contributed by atoms with Gasteiger partial charge in [-0.05, 0) is 20.8 Å². The van der Waals surface area contributed by atoms with Crippen LogP contribution in [0, 0.1) is 12.3 Å². The molecule has 1 heterocycles. The Hall–Kier alpha value is -0.520. The lowest BCUT2D eigenvalue weighted by molar-refractivity contribution is -0.0850. The number of morpholine rings is 1. The number of nitrogens with one attached hydrogen (secondary N) is 2. The van der Waals surface area contributed by atoms with E-state index in [1.807, 2.05) is 6.92 Å². The molecule has 0 saturated carbocycles. The normalized spacial score (nSPS) is 18.8. The fourth-order valence-corrected chi connectivity index (χ4v) is 2.08. The van der Waals surface area contributed by atoms with Gasteiger partial charge in [0, 0.05) is 26.2 Å². The van der Waals surface area contributed by atoms with Crippen molar-refractivity contribution in [2.45, 2.75) is 26.4 Å². The lowest BCUT2D eigenvalue weighted by Crippen LogP contribution is -2.49. The molecule has 0 unspecified atom stereocenters. The standard InChI is InChI=1S/C14H26N4O.HI/c1-5-7-16-13(15-6-2)17-8-9-18-10-11-19-14(3,4)12-18;/h1H,6-12H2,2-4H3,(H2,15,16,17);1H. The molecular formula is C14H27IN4O. The molecule has 1 rings (SSSR count). The maximum Gasteiger partial charge on any atom is 0.192 e. The highest BCUT2D eigenvalue weighted by Crippen LogP contribution is 2.15. The van der Waals surface area contributed by atoms with Crippen LogP contribution in [0.1, 0.15) is 20.8 Å². The molecule has 0 aliphatic carbocycles. The Kier molecular flexibility index (Phi) is 9.98. The molecule has 0 amide bonds. The van der Waals surface area contributed by atoms with Gasteiger partial charge >= 0.3 is 0 Å². The molecule has 0 radical (unpaired) electrons. The van der Waals surface area contributed by atoms with Crippen LogP contribution in [0.15, 0.2) is 4.99 Å². The first-order valence-electron chi connectivity index (χ1n) is 6.89. The number of hydrogen-bond donors (Lipinski definition) is 2. The molecule has 0 atom stereocenters. The first-order valence-corrected chi connectivity index (χ1v) is 6.89. The van der Waals surface area contributed by atoms with Gasteiger partial charge < -0.3 is 15.4 Å². The lowest BCUT2D eigenvalue weighted by atomic mass is 10.1. The van der Waals surface area contributed by atoms with Crippen molar-refractivity contribution in [1.29, 1.82) is 0 Å². The van der Waals surface area contributed by atoms with Crippen LogP contribution in [-0.2, 0) is 4.74 Å². The number of halogens is 1. The Morgan fingerprint density at radius 2 is 2.20 bits per heavy atom. The van der Waals surface area contributed by atoms with Gasteiger partial charge in [0.15, 0.2) is 5.96 Å². The molecule has 1 fully saturated rings. The van der Waals surface area contributed by atoms with E-state index in [4.69, 9.17) is 11.2 Å². The third kappa shape index (κ3) is 7.92. The smallest absolute Gasteiger partial charge is 0.192 e. The van der Waals surface area contributed by atoms with E-state index in [-0.39, 0.29) is 29.6 Å². The fourth-order valence-electron chi connectivity index (χ4n) is 2.08. The van der Waals surface area contributed by atoms with E-state index in [1.54, 1.807) is 0 Å². The summed E-state index contributed by atoms with van der Waals surface area (Å²) in [5.74, 6) is 3.33. The average molecular weight is 394 g/mol. The highest BCUT2D eigenvalue weighted by molar-refractivity contribution is 14.0. The summed E-state index contributed by atoms with van der Waals surface area (Å²) in [7, 11) is 0. The van der Waals surface area contributed by atoms with Gasteiger partial charge in [-0.2, -0.15) is 0 Å². The van der Waals surface area contributed by atoms with Gasteiger partial charge in [0.05, 0.1) is 25.3 Å². The van der Waals surface area contributed by atoms with Crippen LogP contribution in [-0.4, -0.2) is 62.3 Å². The Balaban J connectivity index is 0.00000361. The van der Waals surface area contributed by atoms with Crippen LogP contribution in [0.5, 0.6) is 0 Å². The van der Waals surface area contributed by atoms with Crippen LogP contribution < -0.4 is 10.6 Å². The lowest BCUT2D eigenvalue weighted by Gasteiger charge is -2.37. The van der Waals surface area contributed by atoms with Crippen molar-refractivity contribution in [2.75, 3.05) is 45.9 Å². The van der Waals surface area contributed by atoms with Gasteiger partial charge in [-0.25, -0.2) is 0 Å². The quantitative estimate of drug-likeness (QED) is 0.315. The molecule has 0 bridgehead atoms. The first-order chi connectivity index (χ1) is 9.07. The third-order valence-corrected chi connectivity index (χ3v) is 2.89. The van der Waals surface area contributed by atoms with Crippen molar-refractivity contribution >= 4 is 29.9 Å². The van der Waals surface area contributed by atoms with E-state index < -0.39 is 0 Å². The number of nitrogens with zero attached hydrogens (tertiary/aromatic N) is 2. The second kappa shape index (κ2) is 10.2. The maximum absolute atomic E-state index is 5.69. The Morgan fingerprint density at radius 3 is 2.80 bits per heavy atom. The molecule has 1 saturated heterocycles. The summed E-state index contributed by atoms with van der Waals surface area (Å²) >= 11 is 0. The number of hydrogen-bond acceptors (Lipinski definition) is 3. The number of guanidine groups is 1. The van der Waals surface area contributed by atoms with Crippen molar-refractivity contribution < 1.29 is 4.74 Å². The van der Waals surface area contributed by atoms with Crippen molar-refractivity contribution in [3.63, 3.8) is 0 Å². The summed E-state index contributed by atoms with van der Waals surface area (Å²) in [5, 5.41) is 6.26. The third-order valence-electron chi connectivity index (χ3n) is 2.89. The largest absolute Gasteiger partial charge is 0.373 e. The summed E-state index contributed by atoms with van der Waals surface area (Å²) in [6, 6.07) is 0. The highest BCUT2D eigenvalue weighted by atomic mass is 127. The van der Waals surface area contributed by atoms with Crippen LogP contribution in [0.3, 0.4) is 0 Å². The predicted molar refractivity (Wildman–Crippen MR) is 94.7 cm³/mol. The van der Waals surface area contributed by atoms with E-state index in [2.05, 4.69) is 40.3 Å². The average Bonchev–Trinajstić information content (AvgIpc) is 2.35. The fraction of sp³-hybridized carbons (Fsp3) is 0.786. The van der Waals surface area contributed by atoms with Gasteiger partial charge in [0.1, 0.15) is 0 Å². The molecule has 1 aliphatic rings. The van der Waals surface area contributed by atoms with Crippen molar-refractivity contribution in [3.8, 4) is 12.3 Å². The van der Waals surface area contributed by atoms with E-state index >= 15 is 0 Å². The molecule has 0 aromatic carbocycles. The minimum Gasteiger partial charge on any atom is -0.373 e. The second-order valence-corrected chi connectivity index (χ2v) is 5.20. The molecule has 0 aromatic heterocycles. The van der Waals surface area contributed by atoms with Crippen LogP contribution in [0.2, 0.25) is 0 Å². The zero-order chi connectivity index (χ0) is 14.1. The number of rotatable bonds is 5. The van der Waals surface area contributed by atoms with Gasteiger partial charge in [0.25, 0.3) is 0 Å². The van der Waals surface area contributed by atoms with E-state index in [1.165, 1.54) is 0 Å². The predicted octanol–water partition coefficient (Wildman–Crippen LogP) is 0.903. The summed E-state index contributed by atoms with van der Waals surface area (Å²) in [5.41, 5.74) is -0.0474. The summed E-state index contributed by atoms with van der Waals surface area (Å²) in [6.45, 7) is 12.1. The summed E-state index contributed by atoms with van der Waals surface area (Å²) < 4.78 is 5.69. The summed E-state index contributed by atoms with van der Waals surface area (Å²) in [4.78, 5) is 6.90. The van der Waals surface area contributed by atoms with Crippen molar-refractivity contribution in [1.82, 2.24) is 15.5 Å². The van der Waals surface area contributed by atoms with Crippen molar-refractivity contribution in [3.05, 3.63) is 0 Å². The highest BCUT2D eigenvalue weighted by Gasteiger charge is 2.26. The van der Waals surface area contributed by atoms with Crippen molar-refractivity contribution in [2.24, 2.45) is 4.99 Å². The molecular weight excluding hydrogens is 367 g/mol. The zero-order valence-corrected chi connectivity index (χ0v) is 15.1. The number of terminal acetylenes is 1. The van der Waals surface area contributed by atoms with Gasteiger partial charge in [0.2, 0.25) is 0 Å². The molecule has 116 valence electrons. The monoisotopic (exact) mass is 394 g/mol. The Labute approximate surface area is 139 Å². The van der Waals surface area contributed by atoms with Gasteiger partial charge in [-0.1, -0.05) is 5.92 Å². The molecule has 2 N–H and O–H groups in total. The zero-order valence-electron chi connectivity index (χ0n) is 12.7. The van der Waals surface area contributed by atoms with Gasteiger partial charge in [-0.3, -0.25) is 9.89 Å². The molecule has 20 heavy (non-hydrogen) atoms. The second-order valence-electron chi connectivity index (χ2n) is 5.20. The van der Waals surface area contributed by atoms with Crippen LogP contribution in [0.4, 0.5) is 0 Å². The number of aliphatic imine (C=N–C) groups is 1. The Bertz CT molecular complexity index is 339. The summed E-state index contributed by atoms with van der Waals surface area (Å²) in [6.07, 6.45) is 5.23. The van der Waals surface area contributed by atoms with E-state index in [0.717, 1.165) is 45.3 Å². The first kappa shape index (κ1) is 19.5. The molecule has 5 nitrogen and oxygen atoms in total. The minimum atomic E-state index is -0.0474. The van der Waals surface area contributed by atoms with E-state index in [0.29, 0.717) is 6.54 Å². The molecule has 6 heteroatoms. The topological polar surface area (TPSA) is 48.9 Å².